The average Bonchev–Trinajstić information content (AvgIpc) is 2.85. The first-order chi connectivity index (χ1) is 17.3. The first-order valence-electron chi connectivity index (χ1n) is 12.1. The zero-order valence-electron chi connectivity index (χ0n) is 23.7. The molecule has 2 aromatic carbocycles. The number of nitrogens with one attached hydrogen (secondary N) is 1. The third kappa shape index (κ3) is 6.91. The first-order valence-corrected chi connectivity index (χ1v) is 15.0. The summed E-state index contributed by atoms with van der Waals surface area (Å²) in [6.45, 7) is 16.9. The summed E-state index contributed by atoms with van der Waals surface area (Å²) >= 11 is 0. The summed E-state index contributed by atoms with van der Waals surface area (Å²) in [6, 6.07) is 8.48. The molecule has 0 fully saturated rings. The maximum Gasteiger partial charge on any atom is 0.335 e. The number of methoxy groups -OCH3 is 4. The Kier molecular flexibility index (Phi) is 9.91. The van der Waals surface area contributed by atoms with E-state index in [9.17, 15) is 4.79 Å². The van der Waals surface area contributed by atoms with E-state index >= 15 is 0 Å². The molecule has 0 amide bonds. The van der Waals surface area contributed by atoms with Crippen molar-refractivity contribution in [2.45, 2.75) is 51.9 Å². The molecule has 0 aliphatic rings. The van der Waals surface area contributed by atoms with Gasteiger partial charge in [-0.05, 0) is 42.8 Å². The van der Waals surface area contributed by atoms with Crippen molar-refractivity contribution in [1.82, 2.24) is 0 Å². The second-order valence-electron chi connectivity index (χ2n) is 10.0. The molecule has 0 saturated carbocycles. The van der Waals surface area contributed by atoms with Crippen molar-refractivity contribution in [2.75, 3.05) is 40.4 Å². The Hall–Kier alpha value is -3.33. The Morgan fingerprint density at radius 1 is 0.919 bits per heavy atom. The number of carbonyl (C=O) groups excluding carboxylic acids is 1. The van der Waals surface area contributed by atoms with Crippen molar-refractivity contribution >= 4 is 20.0 Å². The maximum absolute atomic E-state index is 12.8. The van der Waals surface area contributed by atoms with Crippen molar-refractivity contribution < 1.29 is 32.9 Å². The SMILES string of the molecule is C=C(C(=O)OCC)[C@@H](Nc1cc(OC)c(OC)c(OC)c1)c1ccc(OC)c(O[Si](C)(C)C(C)(C)C)c1. The summed E-state index contributed by atoms with van der Waals surface area (Å²) in [5, 5.41) is 3.37. The van der Waals surface area contributed by atoms with Gasteiger partial charge in [-0.2, -0.15) is 0 Å². The molecule has 0 aromatic heterocycles. The molecule has 0 saturated heterocycles. The van der Waals surface area contributed by atoms with Gasteiger partial charge in [-0.15, -0.1) is 0 Å². The Morgan fingerprint density at radius 3 is 1.95 bits per heavy atom. The molecule has 9 heteroatoms. The fourth-order valence-electron chi connectivity index (χ4n) is 3.42. The van der Waals surface area contributed by atoms with Crippen LogP contribution in [-0.4, -0.2) is 49.3 Å². The van der Waals surface area contributed by atoms with Crippen molar-refractivity contribution in [3.05, 3.63) is 48.0 Å². The lowest BCUT2D eigenvalue weighted by molar-refractivity contribution is -0.138. The summed E-state index contributed by atoms with van der Waals surface area (Å²) < 4.78 is 33.9. The third-order valence-corrected chi connectivity index (χ3v) is 10.9. The van der Waals surface area contributed by atoms with Crippen LogP contribution in [0.25, 0.3) is 0 Å². The standard InChI is InChI=1S/C28H41NO7Si/c1-12-35-27(30)18(2)25(29-20-16-23(32-7)26(34-9)24(17-20)33-8)19-13-14-21(31-6)22(15-19)36-37(10,11)28(3,4)5/h13-17,25,29H,2,12H2,1,3-11H3/t25-/m1/s1. The number of rotatable bonds is 12. The highest BCUT2D eigenvalue weighted by Gasteiger charge is 2.39. The second kappa shape index (κ2) is 12.3. The van der Waals surface area contributed by atoms with E-state index in [1.807, 2.05) is 18.2 Å². The minimum atomic E-state index is -2.18. The highest BCUT2D eigenvalue weighted by molar-refractivity contribution is 6.74. The summed E-state index contributed by atoms with van der Waals surface area (Å²) in [5.74, 6) is 2.13. The molecule has 0 heterocycles. The van der Waals surface area contributed by atoms with Crippen LogP contribution in [0, 0.1) is 0 Å². The van der Waals surface area contributed by atoms with Gasteiger partial charge in [0.05, 0.1) is 46.7 Å². The van der Waals surface area contributed by atoms with E-state index in [1.165, 1.54) is 0 Å². The lowest BCUT2D eigenvalue weighted by atomic mass is 9.98. The van der Waals surface area contributed by atoms with Crippen LogP contribution < -0.4 is 28.7 Å². The predicted molar refractivity (Wildman–Crippen MR) is 149 cm³/mol. The molecule has 1 atom stereocenters. The molecule has 2 rings (SSSR count). The van der Waals surface area contributed by atoms with Crippen LogP contribution in [0.5, 0.6) is 28.7 Å². The van der Waals surface area contributed by atoms with Gasteiger partial charge in [-0.25, -0.2) is 4.79 Å². The summed E-state index contributed by atoms with van der Waals surface area (Å²) in [6.07, 6.45) is 0. The molecule has 8 nitrogen and oxygen atoms in total. The fourth-order valence-corrected chi connectivity index (χ4v) is 4.44. The van der Waals surface area contributed by atoms with Gasteiger partial charge in [-0.1, -0.05) is 33.4 Å². The predicted octanol–water partition coefficient (Wildman–Crippen LogP) is 6.38. The smallest absolute Gasteiger partial charge is 0.335 e. The zero-order chi connectivity index (χ0) is 28.0. The molecule has 1 N–H and O–H groups in total. The Balaban J connectivity index is 2.63. The second-order valence-corrected chi connectivity index (χ2v) is 14.7. The lowest BCUT2D eigenvalue weighted by Crippen LogP contribution is -2.44. The molecule has 37 heavy (non-hydrogen) atoms. The highest BCUT2D eigenvalue weighted by atomic mass is 28.4. The third-order valence-electron chi connectivity index (χ3n) is 6.55. The summed E-state index contributed by atoms with van der Waals surface area (Å²) in [7, 11) is 4.06. The number of anilines is 1. The van der Waals surface area contributed by atoms with Crippen molar-refractivity contribution in [2.24, 2.45) is 0 Å². The number of esters is 1. The van der Waals surface area contributed by atoms with Crippen LogP contribution in [0.3, 0.4) is 0 Å². The van der Waals surface area contributed by atoms with Gasteiger partial charge < -0.3 is 33.4 Å². The Labute approximate surface area is 222 Å². The molecule has 0 bridgehead atoms. The Bertz CT molecular complexity index is 1080. The monoisotopic (exact) mass is 531 g/mol. The van der Waals surface area contributed by atoms with Crippen LogP contribution in [0.1, 0.15) is 39.3 Å². The van der Waals surface area contributed by atoms with Gasteiger partial charge in [0.2, 0.25) is 5.75 Å². The minimum absolute atomic E-state index is 0.0175. The summed E-state index contributed by atoms with van der Waals surface area (Å²) in [5.41, 5.74) is 1.62. The molecular weight excluding hydrogens is 490 g/mol. The molecule has 0 aliphatic carbocycles. The van der Waals surface area contributed by atoms with E-state index in [4.69, 9.17) is 28.1 Å². The van der Waals surface area contributed by atoms with Crippen LogP contribution in [0.15, 0.2) is 42.5 Å². The van der Waals surface area contributed by atoms with Crippen molar-refractivity contribution in [3.63, 3.8) is 0 Å². The van der Waals surface area contributed by atoms with E-state index in [1.54, 1.807) is 47.5 Å². The normalized spacial score (nSPS) is 12.3. The quantitative estimate of drug-likeness (QED) is 0.192. The largest absolute Gasteiger partial charge is 0.541 e. The fraction of sp³-hybridized carbons (Fsp3) is 0.464. The van der Waals surface area contributed by atoms with E-state index in [-0.39, 0.29) is 17.2 Å². The molecular formula is C28H41NO7Si. The number of hydrogen-bond donors (Lipinski definition) is 1. The molecule has 0 spiro atoms. The number of hydrogen-bond acceptors (Lipinski definition) is 8. The number of carbonyl (C=O) groups is 1. The average molecular weight is 532 g/mol. The molecule has 0 radical (unpaired) electrons. The van der Waals surface area contributed by atoms with Gasteiger partial charge >= 0.3 is 5.97 Å². The van der Waals surface area contributed by atoms with E-state index < -0.39 is 20.3 Å². The van der Waals surface area contributed by atoms with E-state index in [2.05, 4.69) is 45.8 Å². The van der Waals surface area contributed by atoms with Crippen LogP contribution in [0.2, 0.25) is 18.1 Å². The topological polar surface area (TPSA) is 84.5 Å². The summed E-state index contributed by atoms with van der Waals surface area (Å²) in [4.78, 5) is 12.8. The zero-order valence-corrected chi connectivity index (χ0v) is 24.7. The van der Waals surface area contributed by atoms with Crippen molar-refractivity contribution in [3.8, 4) is 28.7 Å². The molecule has 2 aromatic rings. The van der Waals surface area contributed by atoms with E-state index in [0.717, 1.165) is 5.56 Å². The van der Waals surface area contributed by atoms with Gasteiger partial charge in [0.1, 0.15) is 5.75 Å². The van der Waals surface area contributed by atoms with Crippen LogP contribution >= 0.6 is 0 Å². The van der Waals surface area contributed by atoms with Gasteiger partial charge in [0.25, 0.3) is 8.32 Å². The maximum atomic E-state index is 12.8. The first kappa shape index (κ1) is 29.9. The minimum Gasteiger partial charge on any atom is -0.541 e. The number of benzene rings is 2. The number of ether oxygens (including phenoxy) is 5. The molecule has 204 valence electrons. The van der Waals surface area contributed by atoms with E-state index in [0.29, 0.717) is 34.4 Å². The lowest BCUT2D eigenvalue weighted by Gasteiger charge is -2.37. The molecule has 0 unspecified atom stereocenters. The Morgan fingerprint density at radius 2 is 1.49 bits per heavy atom. The van der Waals surface area contributed by atoms with Crippen LogP contribution in [-0.2, 0) is 9.53 Å². The van der Waals surface area contributed by atoms with Gasteiger partial charge in [0, 0.05) is 17.8 Å². The van der Waals surface area contributed by atoms with Crippen LogP contribution in [0.4, 0.5) is 5.69 Å². The highest BCUT2D eigenvalue weighted by Crippen LogP contribution is 2.43. The van der Waals surface area contributed by atoms with Crippen molar-refractivity contribution in [1.29, 1.82) is 0 Å². The molecule has 0 aliphatic heterocycles. The van der Waals surface area contributed by atoms with Gasteiger partial charge in [-0.3, -0.25) is 0 Å². The van der Waals surface area contributed by atoms with Gasteiger partial charge in [0.15, 0.2) is 17.2 Å².